The van der Waals surface area contributed by atoms with Crippen molar-refractivity contribution in [1.29, 1.82) is 0 Å². The van der Waals surface area contributed by atoms with Gasteiger partial charge >= 0.3 is 5.97 Å². The van der Waals surface area contributed by atoms with Gasteiger partial charge in [0.05, 0.1) is 7.11 Å². The Kier molecular flexibility index (Phi) is 5.83. The molecule has 19 heavy (non-hydrogen) atoms. The van der Waals surface area contributed by atoms with Crippen molar-refractivity contribution in [3.05, 3.63) is 34.9 Å². The van der Waals surface area contributed by atoms with Gasteiger partial charge in [0.15, 0.2) is 0 Å². The van der Waals surface area contributed by atoms with Crippen LogP contribution in [0.2, 0.25) is 5.02 Å². The predicted octanol–water partition coefficient (Wildman–Crippen LogP) is 2.66. The molecule has 4 nitrogen and oxygen atoms in total. The first-order valence-corrected chi connectivity index (χ1v) is 6.51. The summed E-state index contributed by atoms with van der Waals surface area (Å²) in [5.74, 6) is -0.743. The molecule has 0 bridgehead atoms. The van der Waals surface area contributed by atoms with Crippen LogP contribution in [0, 0.1) is 5.92 Å². The summed E-state index contributed by atoms with van der Waals surface area (Å²) < 4.78 is 4.72. The minimum Gasteiger partial charge on any atom is -0.467 e. The fourth-order valence-corrected chi connectivity index (χ4v) is 1.75. The molecular weight excluding hydrogens is 266 g/mol. The Labute approximate surface area is 118 Å². The topological polar surface area (TPSA) is 55.4 Å². The summed E-state index contributed by atoms with van der Waals surface area (Å²) in [6, 6.07) is 5.85. The molecule has 1 aromatic carbocycles. The summed E-state index contributed by atoms with van der Waals surface area (Å²) in [6.07, 6.45) is 0.765. The fourth-order valence-electron chi connectivity index (χ4n) is 1.62. The van der Waals surface area contributed by atoms with E-state index in [1.165, 1.54) is 7.11 Å². The minimum absolute atomic E-state index is 0.00343. The maximum absolute atomic E-state index is 12.0. The highest BCUT2D eigenvalue weighted by Gasteiger charge is 2.26. The molecule has 0 unspecified atom stereocenters. The lowest BCUT2D eigenvalue weighted by atomic mass is 9.99. The normalized spacial score (nSPS) is 13.5. The van der Waals surface area contributed by atoms with E-state index in [4.69, 9.17) is 16.3 Å². The second-order valence-electron chi connectivity index (χ2n) is 4.37. The molecule has 0 aromatic heterocycles. The average molecular weight is 284 g/mol. The summed E-state index contributed by atoms with van der Waals surface area (Å²) in [6.45, 7) is 3.85. The number of methoxy groups -OCH3 is 1. The smallest absolute Gasteiger partial charge is 0.328 e. The molecule has 5 heteroatoms. The zero-order valence-electron chi connectivity index (χ0n) is 11.3. The molecule has 0 aliphatic rings. The molecule has 0 saturated heterocycles. The van der Waals surface area contributed by atoms with Crippen LogP contribution in [0.25, 0.3) is 0 Å². The lowest BCUT2D eigenvalue weighted by Gasteiger charge is -2.21. The van der Waals surface area contributed by atoms with Crippen molar-refractivity contribution < 1.29 is 14.3 Å². The van der Waals surface area contributed by atoms with Crippen LogP contribution in [0.4, 0.5) is 0 Å². The van der Waals surface area contributed by atoms with Crippen molar-refractivity contribution in [3.63, 3.8) is 0 Å². The number of nitrogens with one attached hydrogen (secondary N) is 1. The van der Waals surface area contributed by atoms with E-state index in [2.05, 4.69) is 5.32 Å². The third kappa shape index (κ3) is 4.24. The van der Waals surface area contributed by atoms with Crippen molar-refractivity contribution in [1.82, 2.24) is 5.32 Å². The average Bonchev–Trinajstić information content (AvgIpc) is 2.43. The summed E-state index contributed by atoms with van der Waals surface area (Å²) in [7, 11) is 1.31. The zero-order valence-corrected chi connectivity index (χ0v) is 12.0. The number of carbonyl (C=O) groups excluding carboxylic acids is 2. The van der Waals surface area contributed by atoms with Gasteiger partial charge in [-0.3, -0.25) is 4.79 Å². The van der Waals surface area contributed by atoms with Crippen LogP contribution in [0.3, 0.4) is 0 Å². The van der Waals surface area contributed by atoms with Gasteiger partial charge in [-0.2, -0.15) is 0 Å². The maximum Gasteiger partial charge on any atom is 0.328 e. The van der Waals surface area contributed by atoms with Gasteiger partial charge in [0.25, 0.3) is 5.91 Å². The molecule has 1 N–H and O–H groups in total. The van der Waals surface area contributed by atoms with E-state index in [1.807, 2.05) is 13.8 Å². The Hall–Kier alpha value is -1.55. The van der Waals surface area contributed by atoms with Gasteiger partial charge in [0.1, 0.15) is 6.04 Å². The van der Waals surface area contributed by atoms with Crippen LogP contribution in [0.1, 0.15) is 30.6 Å². The quantitative estimate of drug-likeness (QED) is 0.845. The zero-order chi connectivity index (χ0) is 14.4. The van der Waals surface area contributed by atoms with E-state index in [1.54, 1.807) is 24.3 Å². The highest BCUT2D eigenvalue weighted by molar-refractivity contribution is 6.30. The molecule has 2 atom stereocenters. The number of amides is 1. The SMILES string of the molecule is CC[C@H](C)[C@@H](NC(=O)c1ccc(Cl)cc1)C(=O)OC. The summed E-state index contributed by atoms with van der Waals surface area (Å²) in [5.41, 5.74) is 0.460. The molecule has 0 fully saturated rings. The van der Waals surface area contributed by atoms with Gasteiger partial charge in [-0.15, -0.1) is 0 Å². The van der Waals surface area contributed by atoms with Gasteiger partial charge in [-0.25, -0.2) is 4.79 Å². The largest absolute Gasteiger partial charge is 0.467 e. The summed E-state index contributed by atoms with van der Waals surface area (Å²) >= 11 is 5.76. The third-order valence-electron chi connectivity index (χ3n) is 3.06. The van der Waals surface area contributed by atoms with Crippen LogP contribution in [0.5, 0.6) is 0 Å². The first-order chi connectivity index (χ1) is 8.99. The summed E-state index contributed by atoms with van der Waals surface area (Å²) in [4.78, 5) is 23.7. The number of hydrogen-bond donors (Lipinski definition) is 1. The van der Waals surface area contributed by atoms with Crippen molar-refractivity contribution in [2.24, 2.45) is 5.92 Å². The molecule has 0 saturated carbocycles. The van der Waals surface area contributed by atoms with Crippen LogP contribution < -0.4 is 5.32 Å². The van der Waals surface area contributed by atoms with Crippen LogP contribution in [-0.4, -0.2) is 25.0 Å². The number of hydrogen-bond acceptors (Lipinski definition) is 3. The standard InChI is InChI=1S/C14H18ClNO3/c1-4-9(2)12(14(18)19-3)16-13(17)10-5-7-11(15)8-6-10/h5-9,12H,4H2,1-3H3,(H,16,17)/t9-,12+/m0/s1. The molecule has 0 aliphatic heterocycles. The Morgan fingerprint density at radius 3 is 2.37 bits per heavy atom. The molecule has 0 heterocycles. The van der Waals surface area contributed by atoms with Gasteiger partial charge in [0.2, 0.25) is 0 Å². The Bertz CT molecular complexity index is 445. The van der Waals surface area contributed by atoms with Crippen LogP contribution >= 0.6 is 11.6 Å². The van der Waals surface area contributed by atoms with Crippen molar-refractivity contribution >= 4 is 23.5 Å². The van der Waals surface area contributed by atoms with Crippen molar-refractivity contribution in [3.8, 4) is 0 Å². The van der Waals surface area contributed by atoms with E-state index >= 15 is 0 Å². The second-order valence-corrected chi connectivity index (χ2v) is 4.80. The van der Waals surface area contributed by atoms with E-state index in [0.717, 1.165) is 6.42 Å². The number of ether oxygens (including phenoxy) is 1. The van der Waals surface area contributed by atoms with E-state index in [-0.39, 0.29) is 11.8 Å². The van der Waals surface area contributed by atoms with Gasteiger partial charge in [0, 0.05) is 10.6 Å². The number of benzene rings is 1. The molecular formula is C14H18ClNO3. The molecule has 0 radical (unpaired) electrons. The predicted molar refractivity (Wildman–Crippen MR) is 74.2 cm³/mol. The number of rotatable bonds is 5. The van der Waals surface area contributed by atoms with Crippen LogP contribution in [0.15, 0.2) is 24.3 Å². The molecule has 1 aromatic rings. The first-order valence-electron chi connectivity index (χ1n) is 6.13. The highest BCUT2D eigenvalue weighted by atomic mass is 35.5. The molecule has 0 spiro atoms. The summed E-state index contributed by atoms with van der Waals surface area (Å²) in [5, 5.41) is 3.26. The van der Waals surface area contributed by atoms with Crippen molar-refractivity contribution in [2.45, 2.75) is 26.3 Å². The minimum atomic E-state index is -0.641. The van der Waals surface area contributed by atoms with E-state index in [9.17, 15) is 9.59 Å². The number of halogens is 1. The van der Waals surface area contributed by atoms with E-state index < -0.39 is 12.0 Å². The van der Waals surface area contributed by atoms with Gasteiger partial charge in [-0.05, 0) is 30.2 Å². The Balaban J connectivity index is 2.81. The van der Waals surface area contributed by atoms with Crippen molar-refractivity contribution in [2.75, 3.05) is 7.11 Å². The first kappa shape index (κ1) is 15.5. The monoisotopic (exact) mass is 283 g/mol. The van der Waals surface area contributed by atoms with E-state index in [0.29, 0.717) is 10.6 Å². The number of esters is 1. The molecule has 1 rings (SSSR count). The van der Waals surface area contributed by atoms with Gasteiger partial charge < -0.3 is 10.1 Å². The second kappa shape index (κ2) is 7.14. The number of carbonyl (C=O) groups is 2. The molecule has 0 aliphatic carbocycles. The fraction of sp³-hybridized carbons (Fsp3) is 0.429. The Morgan fingerprint density at radius 2 is 1.89 bits per heavy atom. The lowest BCUT2D eigenvalue weighted by Crippen LogP contribution is -2.45. The third-order valence-corrected chi connectivity index (χ3v) is 3.31. The maximum atomic E-state index is 12.0. The Morgan fingerprint density at radius 1 is 1.32 bits per heavy atom. The highest BCUT2D eigenvalue weighted by Crippen LogP contribution is 2.12. The molecule has 1 amide bonds. The molecule has 104 valence electrons. The lowest BCUT2D eigenvalue weighted by molar-refractivity contribution is -0.144. The van der Waals surface area contributed by atoms with Crippen LogP contribution in [-0.2, 0) is 9.53 Å². The van der Waals surface area contributed by atoms with Gasteiger partial charge in [-0.1, -0.05) is 31.9 Å².